The van der Waals surface area contributed by atoms with E-state index in [1.54, 1.807) is 24.3 Å². The molecule has 0 bridgehead atoms. The largest absolute Gasteiger partial charge is 0.495 e. The molecular formula is C24H21F3N4O4S. The van der Waals surface area contributed by atoms with Crippen LogP contribution in [0.5, 0.6) is 5.75 Å². The van der Waals surface area contributed by atoms with Crippen molar-refractivity contribution in [3.05, 3.63) is 87.5 Å². The number of amides is 1. The van der Waals surface area contributed by atoms with Crippen molar-refractivity contribution in [1.29, 1.82) is 0 Å². The number of ether oxygens (including phenoxy) is 1. The van der Waals surface area contributed by atoms with E-state index >= 15 is 0 Å². The third kappa shape index (κ3) is 5.89. The Morgan fingerprint density at radius 2 is 1.86 bits per heavy atom. The Morgan fingerprint density at radius 3 is 2.47 bits per heavy atom. The average Bonchev–Trinajstić information content (AvgIpc) is 2.80. The predicted octanol–water partition coefficient (Wildman–Crippen LogP) is 5.49. The Kier molecular flexibility index (Phi) is 7.78. The number of para-hydroxylation sites is 1. The zero-order chi connectivity index (χ0) is 26.6. The predicted molar refractivity (Wildman–Crippen MR) is 134 cm³/mol. The number of hydrogen-bond donors (Lipinski definition) is 2. The second-order valence-corrected chi connectivity index (χ2v) is 8.06. The van der Waals surface area contributed by atoms with Crippen LogP contribution in [0.1, 0.15) is 16.7 Å². The number of anilines is 3. The van der Waals surface area contributed by atoms with Gasteiger partial charge in [0, 0.05) is 17.8 Å². The molecule has 3 aromatic rings. The molecule has 0 saturated heterocycles. The van der Waals surface area contributed by atoms with Gasteiger partial charge < -0.3 is 15.8 Å². The first-order valence-corrected chi connectivity index (χ1v) is 10.8. The van der Waals surface area contributed by atoms with Gasteiger partial charge in [-0.15, -0.1) is 0 Å². The average molecular weight is 519 g/mol. The number of alkyl halides is 3. The summed E-state index contributed by atoms with van der Waals surface area (Å²) in [5.41, 5.74) is 5.15. The van der Waals surface area contributed by atoms with E-state index in [0.717, 1.165) is 6.07 Å². The maximum absolute atomic E-state index is 13.7. The molecule has 3 aromatic carbocycles. The van der Waals surface area contributed by atoms with E-state index in [-0.39, 0.29) is 39.9 Å². The third-order valence-corrected chi connectivity index (χ3v) is 5.51. The second kappa shape index (κ2) is 10.6. The van der Waals surface area contributed by atoms with E-state index in [1.807, 2.05) is 0 Å². The molecule has 0 aromatic heterocycles. The Hall–Kier alpha value is -4.19. The molecule has 0 aliphatic rings. The first-order valence-electron chi connectivity index (χ1n) is 10.4. The number of hydrogen-bond acceptors (Lipinski definition) is 5. The highest BCUT2D eigenvalue weighted by molar-refractivity contribution is 7.80. The fourth-order valence-electron chi connectivity index (χ4n) is 3.56. The SMILES string of the molecule is COc1ccc([N+](=O)[O-])cc1NC(=S)N(c1ccc(C)c(C(F)(F)F)c1)c1ccccc1CC(N)=O. The standard InChI is InChI=1S/C24H21F3N4O4S/c1-14-7-8-16(12-18(14)24(25,26)27)30(20-6-4-3-5-15(20)11-22(28)32)23(36)29-19-13-17(31(33)34)9-10-21(19)35-2/h3-10,12-13H,11H2,1-2H3,(H2,28,32)(H,29,36). The molecule has 0 aliphatic heterocycles. The molecule has 0 fully saturated rings. The highest BCUT2D eigenvalue weighted by Gasteiger charge is 2.33. The van der Waals surface area contributed by atoms with Crippen LogP contribution in [0.3, 0.4) is 0 Å². The van der Waals surface area contributed by atoms with Crippen molar-refractivity contribution in [2.45, 2.75) is 19.5 Å². The number of nitrogens with zero attached hydrogens (tertiary/aromatic N) is 2. The number of nitrogens with one attached hydrogen (secondary N) is 1. The van der Waals surface area contributed by atoms with Crippen LogP contribution in [0, 0.1) is 17.0 Å². The van der Waals surface area contributed by atoms with Crippen molar-refractivity contribution in [2.24, 2.45) is 5.73 Å². The lowest BCUT2D eigenvalue weighted by Crippen LogP contribution is -2.32. The maximum Gasteiger partial charge on any atom is 0.416 e. The Balaban J connectivity index is 2.19. The third-order valence-electron chi connectivity index (χ3n) is 5.22. The molecule has 0 saturated carbocycles. The zero-order valence-electron chi connectivity index (χ0n) is 19.1. The van der Waals surface area contributed by atoms with Gasteiger partial charge in [0.2, 0.25) is 5.91 Å². The minimum Gasteiger partial charge on any atom is -0.495 e. The molecule has 0 atom stereocenters. The number of nitro benzene ring substituents is 1. The van der Waals surface area contributed by atoms with Crippen molar-refractivity contribution >= 4 is 46.0 Å². The summed E-state index contributed by atoms with van der Waals surface area (Å²) >= 11 is 5.57. The van der Waals surface area contributed by atoms with Gasteiger partial charge in [-0.25, -0.2) is 0 Å². The molecule has 0 aliphatic carbocycles. The summed E-state index contributed by atoms with van der Waals surface area (Å²) in [5.74, 6) is -0.435. The highest BCUT2D eigenvalue weighted by atomic mass is 32.1. The summed E-state index contributed by atoms with van der Waals surface area (Å²) in [6.45, 7) is 1.34. The Bertz CT molecular complexity index is 1330. The molecule has 0 unspecified atom stereocenters. The number of nitrogens with two attached hydrogens (primary N) is 1. The molecule has 0 spiro atoms. The second-order valence-electron chi connectivity index (χ2n) is 7.68. The summed E-state index contributed by atoms with van der Waals surface area (Å²) in [7, 11) is 1.35. The minimum absolute atomic E-state index is 0.0100. The van der Waals surface area contributed by atoms with Crippen molar-refractivity contribution in [3.63, 3.8) is 0 Å². The first kappa shape index (κ1) is 26.4. The maximum atomic E-state index is 13.7. The minimum atomic E-state index is -4.63. The van der Waals surface area contributed by atoms with Gasteiger partial charge in [0.05, 0.1) is 35.4 Å². The number of nitro groups is 1. The summed E-state index contributed by atoms with van der Waals surface area (Å²) in [4.78, 5) is 23.6. The number of carbonyl (C=O) groups excluding carboxylic acids is 1. The summed E-state index contributed by atoms with van der Waals surface area (Å²) in [5, 5.41) is 14.0. The van der Waals surface area contributed by atoms with Crippen LogP contribution in [0.2, 0.25) is 0 Å². The highest BCUT2D eigenvalue weighted by Crippen LogP contribution is 2.38. The van der Waals surface area contributed by atoms with Crippen molar-refractivity contribution in [1.82, 2.24) is 0 Å². The normalized spacial score (nSPS) is 11.0. The van der Waals surface area contributed by atoms with Crippen LogP contribution in [0.25, 0.3) is 0 Å². The lowest BCUT2D eigenvalue weighted by molar-refractivity contribution is -0.384. The van der Waals surface area contributed by atoms with Gasteiger partial charge in [-0.1, -0.05) is 24.3 Å². The number of non-ortho nitro benzene ring substituents is 1. The number of halogens is 3. The van der Waals surface area contributed by atoms with Crippen LogP contribution in [0.4, 0.5) is 35.9 Å². The quantitative estimate of drug-likeness (QED) is 0.242. The van der Waals surface area contributed by atoms with E-state index in [9.17, 15) is 28.1 Å². The topological polar surface area (TPSA) is 111 Å². The van der Waals surface area contributed by atoms with Gasteiger partial charge in [-0.2, -0.15) is 13.2 Å². The molecule has 3 N–H and O–H groups in total. The summed E-state index contributed by atoms with van der Waals surface area (Å²) < 4.78 is 46.4. The van der Waals surface area contributed by atoms with Gasteiger partial charge in [0.25, 0.3) is 5.69 Å². The molecule has 1 amide bonds. The van der Waals surface area contributed by atoms with Gasteiger partial charge in [0.1, 0.15) is 5.75 Å². The number of rotatable bonds is 7. The number of primary amides is 1. The van der Waals surface area contributed by atoms with E-state index < -0.39 is 22.6 Å². The number of thiocarbonyl (C=S) groups is 1. The van der Waals surface area contributed by atoms with E-state index in [2.05, 4.69) is 5.32 Å². The molecule has 3 rings (SSSR count). The fourth-order valence-corrected chi connectivity index (χ4v) is 3.88. The van der Waals surface area contributed by atoms with Gasteiger partial charge in [0.15, 0.2) is 5.11 Å². The van der Waals surface area contributed by atoms with Gasteiger partial charge in [-0.05, 0) is 54.5 Å². The number of aryl methyl sites for hydroxylation is 1. The Morgan fingerprint density at radius 1 is 1.17 bits per heavy atom. The van der Waals surface area contributed by atoms with Crippen molar-refractivity contribution in [2.75, 3.05) is 17.3 Å². The number of benzene rings is 3. The summed E-state index contributed by atoms with van der Waals surface area (Å²) in [6, 6.07) is 13.9. The van der Waals surface area contributed by atoms with Crippen LogP contribution in [0.15, 0.2) is 60.7 Å². The smallest absolute Gasteiger partial charge is 0.416 e. The monoisotopic (exact) mass is 518 g/mol. The first-order chi connectivity index (χ1) is 16.9. The van der Waals surface area contributed by atoms with E-state index in [1.165, 1.54) is 49.3 Å². The lowest BCUT2D eigenvalue weighted by atomic mass is 10.0. The molecule has 8 nitrogen and oxygen atoms in total. The van der Waals surface area contributed by atoms with Crippen molar-refractivity contribution < 1.29 is 27.6 Å². The molecule has 36 heavy (non-hydrogen) atoms. The van der Waals surface area contributed by atoms with Gasteiger partial charge in [-0.3, -0.25) is 19.8 Å². The molecular weight excluding hydrogens is 497 g/mol. The Labute approximate surface area is 209 Å². The van der Waals surface area contributed by atoms with Crippen LogP contribution in [-0.4, -0.2) is 23.1 Å². The lowest BCUT2D eigenvalue weighted by Gasteiger charge is -2.29. The van der Waals surface area contributed by atoms with Crippen LogP contribution >= 0.6 is 12.2 Å². The van der Waals surface area contributed by atoms with Crippen LogP contribution < -0.4 is 20.7 Å². The zero-order valence-corrected chi connectivity index (χ0v) is 19.9. The number of methoxy groups -OCH3 is 1. The molecule has 0 heterocycles. The van der Waals surface area contributed by atoms with E-state index in [4.69, 9.17) is 22.7 Å². The summed E-state index contributed by atoms with van der Waals surface area (Å²) in [6.07, 6.45) is -4.83. The van der Waals surface area contributed by atoms with E-state index in [0.29, 0.717) is 11.3 Å². The fraction of sp³-hybridized carbons (Fsp3) is 0.167. The molecule has 188 valence electrons. The number of carbonyl (C=O) groups is 1. The van der Waals surface area contributed by atoms with Crippen LogP contribution in [-0.2, 0) is 17.4 Å². The molecule has 0 radical (unpaired) electrons. The van der Waals surface area contributed by atoms with Crippen molar-refractivity contribution in [3.8, 4) is 5.75 Å². The van der Waals surface area contributed by atoms with Gasteiger partial charge >= 0.3 is 6.18 Å². The molecule has 12 heteroatoms.